The second kappa shape index (κ2) is 10.4. The van der Waals surface area contributed by atoms with Crippen LogP contribution in [0.4, 0.5) is 0 Å². The van der Waals surface area contributed by atoms with Crippen LogP contribution in [0, 0.1) is 46.3 Å². The maximum Gasteiger partial charge on any atom is 0.326 e. The van der Waals surface area contributed by atoms with Crippen molar-refractivity contribution < 1.29 is 24.6 Å². The van der Waals surface area contributed by atoms with Gasteiger partial charge in [-0.3, -0.25) is 9.59 Å². The molecule has 5 rings (SSSR count). The Bertz CT molecular complexity index is 1040. The Labute approximate surface area is 225 Å². The average Bonchev–Trinajstić information content (AvgIpc) is 3.50. The number of carboxylic acid groups (broad SMARTS) is 1. The van der Waals surface area contributed by atoms with Crippen molar-refractivity contribution in [3.63, 3.8) is 0 Å². The van der Waals surface area contributed by atoms with Gasteiger partial charge in [-0.1, -0.05) is 20.8 Å². The number of hydrogen-bond donors (Lipinski definition) is 4. The largest absolute Gasteiger partial charge is 0.480 e. The Morgan fingerprint density at radius 3 is 2.61 bits per heavy atom. The highest BCUT2D eigenvalue weighted by Gasteiger charge is 2.63. The number of hydrogen-bond acceptors (Lipinski definition) is 5. The van der Waals surface area contributed by atoms with Crippen LogP contribution in [-0.2, 0) is 20.8 Å². The van der Waals surface area contributed by atoms with E-state index in [-0.39, 0.29) is 35.2 Å². The number of rotatable bonds is 8. The highest BCUT2D eigenvalue weighted by molar-refractivity contribution is 5.84. The Balaban J connectivity index is 1.21. The van der Waals surface area contributed by atoms with Crippen LogP contribution < -0.4 is 5.32 Å². The number of ketones is 1. The number of nitrogens with zero attached hydrogens (tertiary/aromatic N) is 1. The summed E-state index contributed by atoms with van der Waals surface area (Å²) < 4.78 is 0. The molecule has 4 N–H and O–H groups in total. The molecule has 8 nitrogen and oxygen atoms in total. The van der Waals surface area contributed by atoms with Gasteiger partial charge in [0.2, 0.25) is 5.91 Å². The van der Waals surface area contributed by atoms with E-state index in [1.54, 1.807) is 6.20 Å². The van der Waals surface area contributed by atoms with Gasteiger partial charge in [-0.15, -0.1) is 0 Å². The van der Waals surface area contributed by atoms with Crippen LogP contribution in [0.5, 0.6) is 0 Å². The average molecular weight is 528 g/mol. The molecule has 210 valence electrons. The van der Waals surface area contributed by atoms with Crippen molar-refractivity contribution in [2.24, 2.45) is 46.3 Å². The number of fused-ring (bicyclic) bond motifs is 5. The lowest BCUT2D eigenvalue weighted by molar-refractivity contribution is -0.160. The lowest BCUT2D eigenvalue weighted by Crippen LogP contribution is -2.57. The van der Waals surface area contributed by atoms with Gasteiger partial charge in [0, 0.05) is 37.1 Å². The van der Waals surface area contributed by atoms with Gasteiger partial charge < -0.3 is 20.5 Å². The lowest BCUT2D eigenvalue weighted by atomic mass is 9.44. The molecule has 1 heterocycles. The summed E-state index contributed by atoms with van der Waals surface area (Å²) in [5.74, 6) is 1.26. The number of aromatic amines is 1. The van der Waals surface area contributed by atoms with Gasteiger partial charge in [-0.25, -0.2) is 9.78 Å². The highest BCUT2D eigenvalue weighted by atomic mass is 16.4. The molecule has 0 unspecified atom stereocenters. The molecule has 0 spiro atoms. The number of imidazole rings is 1. The summed E-state index contributed by atoms with van der Waals surface area (Å²) in [5, 5.41) is 22.5. The van der Waals surface area contributed by atoms with Gasteiger partial charge in [0.25, 0.3) is 0 Å². The molecular weight excluding hydrogens is 482 g/mol. The minimum absolute atomic E-state index is 0.105. The molecule has 0 bridgehead atoms. The monoisotopic (exact) mass is 527 g/mol. The van der Waals surface area contributed by atoms with E-state index in [9.17, 15) is 24.6 Å². The van der Waals surface area contributed by atoms with Gasteiger partial charge in [0.05, 0.1) is 12.4 Å². The SMILES string of the molecule is C[C@H](CCC(=O)N[C@@H](Cc1cnc[nH]1)C(=O)O)[C@H]1CC[C@H]2[C@@H]3C(=O)C[C@@H]4C[C@H](O)CC[C@]4(C)[C@H]3CC[C@]12C. The number of aliphatic hydroxyl groups excluding tert-OH is 1. The fourth-order valence-electron chi connectivity index (χ4n) is 9.53. The van der Waals surface area contributed by atoms with E-state index in [0.29, 0.717) is 53.9 Å². The van der Waals surface area contributed by atoms with E-state index in [2.05, 4.69) is 36.1 Å². The van der Waals surface area contributed by atoms with Crippen molar-refractivity contribution in [3.05, 3.63) is 18.2 Å². The number of Topliss-reactive ketones (excluding diaryl/α,β-unsaturated/α-hetero) is 1. The molecule has 4 fully saturated rings. The molecule has 0 aliphatic heterocycles. The molecule has 0 aromatic carbocycles. The molecule has 4 saturated carbocycles. The number of nitrogens with one attached hydrogen (secondary N) is 2. The second-order valence-corrected chi connectivity index (χ2v) is 13.5. The normalized spacial score (nSPS) is 39.9. The van der Waals surface area contributed by atoms with Crippen LogP contribution in [0.2, 0.25) is 0 Å². The van der Waals surface area contributed by atoms with E-state index in [4.69, 9.17) is 0 Å². The van der Waals surface area contributed by atoms with Gasteiger partial charge in [0.1, 0.15) is 11.8 Å². The summed E-state index contributed by atoms with van der Waals surface area (Å²) >= 11 is 0. The Kier molecular flexibility index (Phi) is 7.48. The quantitative estimate of drug-likeness (QED) is 0.402. The van der Waals surface area contributed by atoms with E-state index in [1.165, 1.54) is 6.33 Å². The minimum Gasteiger partial charge on any atom is -0.480 e. The van der Waals surface area contributed by atoms with E-state index in [1.807, 2.05) is 0 Å². The molecule has 8 heteroatoms. The number of carbonyl (C=O) groups excluding carboxylic acids is 2. The second-order valence-electron chi connectivity index (χ2n) is 13.5. The molecule has 1 amide bonds. The van der Waals surface area contributed by atoms with E-state index in [0.717, 1.165) is 51.4 Å². The predicted octanol–water partition coefficient (Wildman–Crippen LogP) is 4.14. The fraction of sp³-hybridized carbons (Fsp3) is 0.800. The summed E-state index contributed by atoms with van der Waals surface area (Å²) in [5.41, 5.74) is 0.944. The maximum absolute atomic E-state index is 13.6. The van der Waals surface area contributed by atoms with E-state index >= 15 is 0 Å². The lowest BCUT2D eigenvalue weighted by Gasteiger charge is -2.60. The number of aliphatic carboxylic acids is 1. The van der Waals surface area contributed by atoms with Gasteiger partial charge in [-0.05, 0) is 91.8 Å². The van der Waals surface area contributed by atoms with E-state index < -0.39 is 12.0 Å². The summed E-state index contributed by atoms with van der Waals surface area (Å²) in [7, 11) is 0. The number of aliphatic hydroxyl groups is 1. The van der Waals surface area contributed by atoms with Crippen molar-refractivity contribution >= 4 is 17.7 Å². The first-order valence-electron chi connectivity index (χ1n) is 14.7. The number of amides is 1. The first-order valence-corrected chi connectivity index (χ1v) is 14.7. The summed E-state index contributed by atoms with van der Waals surface area (Å²) in [6.07, 6.45) is 11.7. The van der Waals surface area contributed by atoms with Crippen LogP contribution in [0.15, 0.2) is 12.5 Å². The number of H-pyrrole nitrogens is 1. The molecule has 1 aromatic rings. The molecule has 0 saturated heterocycles. The summed E-state index contributed by atoms with van der Waals surface area (Å²) in [6, 6.07) is -0.981. The molecule has 4 aliphatic carbocycles. The fourth-order valence-corrected chi connectivity index (χ4v) is 9.53. The molecule has 4 aliphatic rings. The van der Waals surface area contributed by atoms with Crippen molar-refractivity contribution in [3.8, 4) is 0 Å². The highest BCUT2D eigenvalue weighted by Crippen LogP contribution is 2.67. The Hall–Kier alpha value is -2.22. The predicted molar refractivity (Wildman–Crippen MR) is 142 cm³/mol. The zero-order valence-electron chi connectivity index (χ0n) is 23.1. The zero-order valence-corrected chi connectivity index (χ0v) is 23.1. The molecule has 0 radical (unpaired) electrons. The minimum atomic E-state index is -1.05. The smallest absolute Gasteiger partial charge is 0.326 e. The number of carbonyl (C=O) groups is 3. The molecule has 38 heavy (non-hydrogen) atoms. The molecule has 1 aromatic heterocycles. The van der Waals surface area contributed by atoms with Crippen molar-refractivity contribution in [2.75, 3.05) is 0 Å². The van der Waals surface area contributed by atoms with Gasteiger partial charge >= 0.3 is 5.97 Å². The van der Waals surface area contributed by atoms with Crippen LogP contribution in [0.25, 0.3) is 0 Å². The topological polar surface area (TPSA) is 132 Å². The standard InChI is InChI=1S/C30H45N3O5/c1-17(4-7-26(36)33-24(28(37)38)14-19-15-31-16-32-19)21-5-6-22-27-23(9-11-30(21,22)3)29(2)10-8-20(34)12-18(29)13-25(27)35/h15-18,20-24,27,34H,4-14H2,1-3H3,(H,31,32)(H,33,36)(H,37,38)/t17-,18+,20-,21-,22+,23+,24+,27+,29+,30-/m1/s1. The summed E-state index contributed by atoms with van der Waals surface area (Å²) in [4.78, 5) is 44.8. The van der Waals surface area contributed by atoms with Crippen LogP contribution in [0.3, 0.4) is 0 Å². The van der Waals surface area contributed by atoms with Gasteiger partial charge in [-0.2, -0.15) is 0 Å². The van der Waals surface area contributed by atoms with Crippen LogP contribution in [-0.4, -0.2) is 50.0 Å². The Morgan fingerprint density at radius 2 is 1.89 bits per heavy atom. The van der Waals surface area contributed by atoms with Crippen molar-refractivity contribution in [1.29, 1.82) is 0 Å². The van der Waals surface area contributed by atoms with Crippen LogP contribution in [0.1, 0.15) is 90.7 Å². The maximum atomic E-state index is 13.6. The zero-order chi connectivity index (χ0) is 27.2. The molecular formula is C30H45N3O5. The van der Waals surface area contributed by atoms with Crippen molar-refractivity contribution in [2.45, 2.75) is 104 Å². The first kappa shape index (κ1) is 27.4. The first-order chi connectivity index (χ1) is 18.0. The number of aromatic nitrogens is 2. The third kappa shape index (κ3) is 4.82. The Morgan fingerprint density at radius 1 is 1.16 bits per heavy atom. The number of carboxylic acids is 1. The van der Waals surface area contributed by atoms with Crippen molar-refractivity contribution in [1.82, 2.24) is 15.3 Å². The van der Waals surface area contributed by atoms with Crippen LogP contribution >= 0.6 is 0 Å². The molecule has 10 atom stereocenters. The third-order valence-electron chi connectivity index (χ3n) is 11.6. The summed E-state index contributed by atoms with van der Waals surface area (Å²) in [6.45, 7) is 7.04. The third-order valence-corrected chi connectivity index (χ3v) is 11.6. The van der Waals surface area contributed by atoms with Gasteiger partial charge in [0.15, 0.2) is 0 Å².